The largest absolute Gasteiger partial charge is 0.339 e. The number of rotatable bonds is 4. The predicted molar refractivity (Wildman–Crippen MR) is 150 cm³/mol. The van der Waals surface area contributed by atoms with E-state index in [4.69, 9.17) is 11.6 Å². The Morgan fingerprint density at radius 2 is 1.90 bits per heavy atom. The summed E-state index contributed by atoms with van der Waals surface area (Å²) in [5.74, 6) is 1.01. The number of hydrogen-bond donors (Lipinski definition) is 4. The van der Waals surface area contributed by atoms with Crippen LogP contribution in [0.25, 0.3) is 0 Å². The van der Waals surface area contributed by atoms with Gasteiger partial charge >= 0.3 is 0 Å². The number of H-pyrrole nitrogens is 1. The highest BCUT2D eigenvalue weighted by atomic mass is 35.5. The number of amides is 2. The molecule has 3 aromatic heterocycles. The molecule has 0 atom stereocenters. The zero-order valence-corrected chi connectivity index (χ0v) is 22.3. The summed E-state index contributed by atoms with van der Waals surface area (Å²) in [6.07, 6.45) is 9.78. The lowest BCUT2D eigenvalue weighted by atomic mass is 9.93. The molecule has 204 valence electrons. The lowest BCUT2D eigenvalue weighted by Crippen LogP contribution is -2.39. The third kappa shape index (κ3) is 5.86. The van der Waals surface area contributed by atoms with Crippen LogP contribution in [0.5, 0.6) is 0 Å². The normalized spacial score (nSPS) is 15.1. The van der Waals surface area contributed by atoms with Crippen LogP contribution < -0.4 is 16.0 Å². The maximum atomic E-state index is 13.1. The minimum atomic E-state index is -0.186. The molecule has 40 heavy (non-hydrogen) atoms. The van der Waals surface area contributed by atoms with Crippen molar-refractivity contribution in [1.29, 1.82) is 0 Å². The standard InChI is InChI=1S/C27H27ClN10O2/c28-21-14-30-27-34-20-9-17(12-29-13-20)1-2-18-11-19(33-24(21)36-27)3-4-22(18)35-23(39)10-16-5-7-38(8-6-16)26(40)25-31-15-32-37-25/h3-4,9,11-16H,1-2,5-8,10H2,(H,35,39)(H,31,32,37)(H2,30,33,34,36). The number of pyridine rings is 1. The fraction of sp³-hybridized carbons (Fsp3) is 0.296. The molecule has 0 radical (unpaired) electrons. The molecule has 1 saturated heterocycles. The molecule has 6 bridgehead atoms. The fourth-order valence-corrected chi connectivity index (χ4v) is 5.15. The minimum absolute atomic E-state index is 0.0463. The van der Waals surface area contributed by atoms with E-state index < -0.39 is 0 Å². The summed E-state index contributed by atoms with van der Waals surface area (Å²) in [5.41, 5.74) is 4.36. The number of fused-ring (bicyclic) bond motifs is 6. The van der Waals surface area contributed by atoms with Gasteiger partial charge in [0.15, 0.2) is 5.82 Å². The fourth-order valence-electron chi connectivity index (χ4n) is 5.01. The molecule has 2 aliphatic heterocycles. The van der Waals surface area contributed by atoms with E-state index in [1.165, 1.54) is 6.33 Å². The van der Waals surface area contributed by atoms with Crippen LogP contribution in [0, 0.1) is 5.92 Å². The Labute approximate surface area is 235 Å². The maximum Gasteiger partial charge on any atom is 0.293 e. The monoisotopic (exact) mass is 558 g/mol. The van der Waals surface area contributed by atoms with E-state index in [-0.39, 0.29) is 23.6 Å². The average Bonchev–Trinajstić information content (AvgIpc) is 3.50. The number of nitrogens with one attached hydrogen (secondary N) is 4. The zero-order chi connectivity index (χ0) is 27.5. The van der Waals surface area contributed by atoms with Gasteiger partial charge in [0.25, 0.3) is 5.91 Å². The molecule has 12 nitrogen and oxygen atoms in total. The van der Waals surface area contributed by atoms with Crippen LogP contribution in [0.4, 0.5) is 28.8 Å². The first kappa shape index (κ1) is 25.7. The molecule has 0 unspecified atom stereocenters. The molecule has 0 saturated carbocycles. The summed E-state index contributed by atoms with van der Waals surface area (Å²) in [6.45, 7) is 1.15. The number of piperidine rings is 1. The van der Waals surface area contributed by atoms with Gasteiger partial charge in [-0.05, 0) is 67.0 Å². The topological polar surface area (TPSA) is 154 Å². The number of aromatic nitrogens is 6. The molecule has 13 heteroatoms. The molecule has 5 heterocycles. The quantitative estimate of drug-likeness (QED) is 0.289. The van der Waals surface area contributed by atoms with Gasteiger partial charge in [0.05, 0.1) is 18.1 Å². The summed E-state index contributed by atoms with van der Waals surface area (Å²) in [6, 6.07) is 7.80. The van der Waals surface area contributed by atoms with E-state index in [2.05, 4.69) is 46.1 Å². The number of benzene rings is 1. The van der Waals surface area contributed by atoms with Crippen molar-refractivity contribution in [1.82, 2.24) is 35.0 Å². The molecule has 4 N–H and O–H groups in total. The number of anilines is 5. The Morgan fingerprint density at radius 1 is 1.02 bits per heavy atom. The van der Waals surface area contributed by atoms with Gasteiger partial charge in [-0.3, -0.25) is 19.7 Å². The lowest BCUT2D eigenvalue weighted by Gasteiger charge is -2.31. The average molecular weight is 559 g/mol. The molecule has 4 aromatic rings. The van der Waals surface area contributed by atoms with E-state index in [0.29, 0.717) is 42.7 Å². The maximum absolute atomic E-state index is 13.1. The number of aromatic amines is 1. The van der Waals surface area contributed by atoms with E-state index >= 15 is 0 Å². The van der Waals surface area contributed by atoms with Crippen LogP contribution in [-0.2, 0) is 17.6 Å². The van der Waals surface area contributed by atoms with E-state index in [1.807, 2.05) is 30.5 Å². The highest BCUT2D eigenvalue weighted by Gasteiger charge is 2.27. The van der Waals surface area contributed by atoms with Crippen molar-refractivity contribution in [3.63, 3.8) is 0 Å². The molecular weight excluding hydrogens is 532 g/mol. The van der Waals surface area contributed by atoms with Crippen LogP contribution in [0.3, 0.4) is 0 Å². The van der Waals surface area contributed by atoms with E-state index in [9.17, 15) is 9.59 Å². The van der Waals surface area contributed by atoms with Crippen molar-refractivity contribution in [2.45, 2.75) is 32.1 Å². The third-order valence-corrected chi connectivity index (χ3v) is 7.38. The minimum Gasteiger partial charge on any atom is -0.339 e. The number of hydrogen-bond acceptors (Lipinski definition) is 9. The van der Waals surface area contributed by atoms with Gasteiger partial charge in [-0.25, -0.2) is 9.97 Å². The molecule has 1 fully saturated rings. The molecule has 0 spiro atoms. The smallest absolute Gasteiger partial charge is 0.293 e. The van der Waals surface area contributed by atoms with Gasteiger partial charge in [0.1, 0.15) is 11.3 Å². The van der Waals surface area contributed by atoms with Crippen molar-refractivity contribution in [3.05, 3.63) is 71.2 Å². The second kappa shape index (κ2) is 11.3. The third-order valence-electron chi connectivity index (χ3n) is 7.10. The summed E-state index contributed by atoms with van der Waals surface area (Å²) in [5, 5.41) is 16.4. The van der Waals surface area contributed by atoms with Crippen LogP contribution in [0.15, 0.2) is 49.2 Å². The Bertz CT molecular complexity index is 1540. The Hall–Kier alpha value is -4.58. The van der Waals surface area contributed by atoms with Gasteiger partial charge in [-0.1, -0.05) is 11.6 Å². The van der Waals surface area contributed by atoms with E-state index in [1.54, 1.807) is 17.3 Å². The Morgan fingerprint density at radius 3 is 2.73 bits per heavy atom. The van der Waals surface area contributed by atoms with Gasteiger partial charge < -0.3 is 20.9 Å². The Balaban J connectivity index is 1.15. The zero-order valence-electron chi connectivity index (χ0n) is 21.5. The van der Waals surface area contributed by atoms with Gasteiger partial charge in [-0.15, -0.1) is 5.10 Å². The number of nitrogens with zero attached hydrogens (tertiary/aromatic N) is 6. The molecule has 0 aliphatic carbocycles. The summed E-state index contributed by atoms with van der Waals surface area (Å²) >= 11 is 6.36. The molecule has 2 aliphatic rings. The molecule has 2 amide bonds. The van der Waals surface area contributed by atoms with Crippen LogP contribution in [0.1, 0.15) is 41.0 Å². The number of carbonyl (C=O) groups is 2. The second-order valence-corrected chi connectivity index (χ2v) is 10.3. The van der Waals surface area contributed by atoms with Gasteiger partial charge in [-0.2, -0.15) is 4.98 Å². The summed E-state index contributed by atoms with van der Waals surface area (Å²) < 4.78 is 0. The van der Waals surface area contributed by atoms with Crippen LogP contribution in [0.2, 0.25) is 5.02 Å². The molecule has 6 rings (SSSR count). The van der Waals surface area contributed by atoms with Crippen molar-refractivity contribution < 1.29 is 9.59 Å². The first-order valence-corrected chi connectivity index (χ1v) is 13.5. The van der Waals surface area contributed by atoms with Gasteiger partial charge in [0.2, 0.25) is 17.7 Å². The SMILES string of the molecule is O=C(CC1CCN(C(=O)c2nc[nH]n2)CC1)Nc1ccc2cc1CCc1cncc(c1)Nc1ncc(Cl)c(n1)N2. The van der Waals surface area contributed by atoms with Crippen molar-refractivity contribution >= 4 is 52.2 Å². The van der Waals surface area contributed by atoms with E-state index in [0.717, 1.165) is 47.5 Å². The molecule has 1 aromatic carbocycles. The van der Waals surface area contributed by atoms with Crippen molar-refractivity contribution in [2.75, 3.05) is 29.0 Å². The first-order chi connectivity index (χ1) is 19.5. The first-order valence-electron chi connectivity index (χ1n) is 13.1. The highest BCUT2D eigenvalue weighted by Crippen LogP contribution is 2.30. The molecular formula is C27H27ClN10O2. The predicted octanol–water partition coefficient (Wildman–Crippen LogP) is 4.11. The summed E-state index contributed by atoms with van der Waals surface area (Å²) in [4.78, 5) is 44.4. The highest BCUT2D eigenvalue weighted by molar-refractivity contribution is 6.32. The second-order valence-electron chi connectivity index (χ2n) is 9.90. The lowest BCUT2D eigenvalue weighted by molar-refractivity contribution is -0.117. The number of aryl methyl sites for hydroxylation is 2. The number of carbonyl (C=O) groups excluding carboxylic acids is 2. The van der Waals surface area contributed by atoms with Crippen molar-refractivity contribution in [3.8, 4) is 0 Å². The Kier molecular flexibility index (Phi) is 7.23. The van der Waals surface area contributed by atoms with Crippen molar-refractivity contribution in [2.24, 2.45) is 5.92 Å². The van der Waals surface area contributed by atoms with Crippen LogP contribution >= 0.6 is 11.6 Å². The van der Waals surface area contributed by atoms with Gasteiger partial charge in [0, 0.05) is 37.1 Å². The summed E-state index contributed by atoms with van der Waals surface area (Å²) in [7, 11) is 0. The van der Waals surface area contributed by atoms with Crippen LogP contribution in [-0.4, -0.2) is 59.9 Å². The number of halogens is 1. The number of likely N-dealkylation sites (tertiary alicyclic amines) is 1.